The van der Waals surface area contributed by atoms with E-state index >= 15 is 0 Å². The van der Waals surface area contributed by atoms with Crippen LogP contribution in [0, 0.1) is 0 Å². The van der Waals surface area contributed by atoms with Crippen LogP contribution in [0.25, 0.3) is 0 Å². The summed E-state index contributed by atoms with van der Waals surface area (Å²) in [5.74, 6) is 1.32. The third-order valence-corrected chi connectivity index (χ3v) is 2.04. The highest BCUT2D eigenvalue weighted by atomic mass is 35.5. The Balaban J connectivity index is 2.21. The van der Waals surface area contributed by atoms with Crippen LogP contribution < -0.4 is 9.47 Å². The second-order valence-electron chi connectivity index (χ2n) is 2.98. The van der Waals surface area contributed by atoms with Gasteiger partial charge in [-0.2, -0.15) is 0 Å². The fourth-order valence-corrected chi connectivity index (χ4v) is 1.16. The molecular formula is C9H10ClNO2. The highest BCUT2D eigenvalue weighted by molar-refractivity contribution is 6.29. The molecule has 1 aromatic rings. The standard InChI is InChI=1S/C9H10ClNO2/c1-12-7-4-9(10)11-5-8(7)13-6-2-3-6/h4-6H,2-3H2,1H3. The van der Waals surface area contributed by atoms with Gasteiger partial charge in [0.25, 0.3) is 0 Å². The highest BCUT2D eigenvalue weighted by Crippen LogP contribution is 2.33. The Bertz CT molecular complexity index is 312. The van der Waals surface area contributed by atoms with Crippen molar-refractivity contribution in [2.75, 3.05) is 7.11 Å². The van der Waals surface area contributed by atoms with E-state index in [1.54, 1.807) is 19.4 Å². The van der Waals surface area contributed by atoms with E-state index < -0.39 is 0 Å². The molecule has 0 unspecified atom stereocenters. The topological polar surface area (TPSA) is 31.4 Å². The quantitative estimate of drug-likeness (QED) is 0.700. The van der Waals surface area contributed by atoms with Crippen molar-refractivity contribution in [2.24, 2.45) is 0 Å². The molecule has 4 heteroatoms. The number of methoxy groups -OCH3 is 1. The van der Waals surface area contributed by atoms with Gasteiger partial charge < -0.3 is 9.47 Å². The van der Waals surface area contributed by atoms with Gasteiger partial charge in [-0.1, -0.05) is 11.6 Å². The first-order valence-electron chi connectivity index (χ1n) is 4.16. The first kappa shape index (κ1) is 8.63. The molecule has 0 aliphatic heterocycles. The maximum Gasteiger partial charge on any atom is 0.179 e. The van der Waals surface area contributed by atoms with Crippen LogP contribution in [0.1, 0.15) is 12.8 Å². The molecule has 0 bridgehead atoms. The molecule has 13 heavy (non-hydrogen) atoms. The smallest absolute Gasteiger partial charge is 0.179 e. The molecule has 0 amide bonds. The van der Waals surface area contributed by atoms with E-state index in [4.69, 9.17) is 21.1 Å². The lowest BCUT2D eigenvalue weighted by atomic mass is 10.4. The van der Waals surface area contributed by atoms with Crippen molar-refractivity contribution in [3.05, 3.63) is 17.4 Å². The zero-order chi connectivity index (χ0) is 9.26. The number of aromatic nitrogens is 1. The predicted molar refractivity (Wildman–Crippen MR) is 49.4 cm³/mol. The van der Waals surface area contributed by atoms with E-state index in [0.717, 1.165) is 12.8 Å². The van der Waals surface area contributed by atoms with Gasteiger partial charge in [-0.25, -0.2) is 4.98 Å². The Hall–Kier alpha value is -0.960. The van der Waals surface area contributed by atoms with E-state index in [1.165, 1.54) is 0 Å². The van der Waals surface area contributed by atoms with Crippen molar-refractivity contribution in [2.45, 2.75) is 18.9 Å². The van der Waals surface area contributed by atoms with Crippen LogP contribution in [0.3, 0.4) is 0 Å². The van der Waals surface area contributed by atoms with Gasteiger partial charge in [-0.15, -0.1) is 0 Å². The second-order valence-corrected chi connectivity index (χ2v) is 3.36. The number of pyridine rings is 1. The molecule has 1 aliphatic carbocycles. The zero-order valence-corrected chi connectivity index (χ0v) is 8.04. The molecule has 0 N–H and O–H groups in total. The van der Waals surface area contributed by atoms with Gasteiger partial charge in [0.15, 0.2) is 11.5 Å². The SMILES string of the molecule is COc1cc(Cl)ncc1OC1CC1. The third-order valence-electron chi connectivity index (χ3n) is 1.84. The van der Waals surface area contributed by atoms with E-state index in [-0.39, 0.29) is 0 Å². The Morgan fingerprint density at radius 3 is 2.85 bits per heavy atom. The molecule has 1 saturated carbocycles. The Kier molecular flexibility index (Phi) is 2.27. The molecule has 0 aromatic carbocycles. The molecule has 2 rings (SSSR count). The number of rotatable bonds is 3. The summed E-state index contributed by atoms with van der Waals surface area (Å²) in [4.78, 5) is 3.93. The van der Waals surface area contributed by atoms with Gasteiger partial charge in [-0.3, -0.25) is 0 Å². The minimum Gasteiger partial charge on any atom is -0.493 e. The molecule has 0 spiro atoms. The van der Waals surface area contributed by atoms with Crippen LogP contribution in [0.4, 0.5) is 0 Å². The molecule has 1 aliphatic rings. The van der Waals surface area contributed by atoms with Crippen molar-refractivity contribution >= 4 is 11.6 Å². The largest absolute Gasteiger partial charge is 0.493 e. The maximum atomic E-state index is 5.70. The molecule has 70 valence electrons. The van der Waals surface area contributed by atoms with E-state index in [0.29, 0.717) is 22.8 Å². The summed E-state index contributed by atoms with van der Waals surface area (Å²) < 4.78 is 10.7. The third kappa shape index (κ3) is 2.04. The average Bonchev–Trinajstić information content (AvgIpc) is 2.92. The van der Waals surface area contributed by atoms with Crippen LogP contribution in [0.2, 0.25) is 5.15 Å². The van der Waals surface area contributed by atoms with Gasteiger partial charge in [-0.05, 0) is 12.8 Å². The minimum atomic E-state index is 0.344. The summed E-state index contributed by atoms with van der Waals surface area (Å²) in [6.07, 6.45) is 4.17. The average molecular weight is 200 g/mol. The van der Waals surface area contributed by atoms with Crippen molar-refractivity contribution in [3.8, 4) is 11.5 Å². The number of halogens is 1. The number of hydrogen-bond acceptors (Lipinski definition) is 3. The Morgan fingerprint density at radius 1 is 1.46 bits per heavy atom. The fraction of sp³-hybridized carbons (Fsp3) is 0.444. The van der Waals surface area contributed by atoms with Gasteiger partial charge in [0, 0.05) is 6.07 Å². The van der Waals surface area contributed by atoms with Crippen LogP contribution in [0.5, 0.6) is 11.5 Å². The van der Waals surface area contributed by atoms with Crippen LogP contribution >= 0.6 is 11.6 Å². The predicted octanol–water partition coefficient (Wildman–Crippen LogP) is 2.28. The van der Waals surface area contributed by atoms with Crippen LogP contribution in [-0.4, -0.2) is 18.2 Å². The Morgan fingerprint density at radius 2 is 2.23 bits per heavy atom. The van der Waals surface area contributed by atoms with Crippen molar-refractivity contribution < 1.29 is 9.47 Å². The van der Waals surface area contributed by atoms with Crippen molar-refractivity contribution in [1.82, 2.24) is 4.98 Å². The molecule has 1 fully saturated rings. The second kappa shape index (κ2) is 3.42. The first-order chi connectivity index (χ1) is 6.29. The van der Waals surface area contributed by atoms with Crippen LogP contribution in [0.15, 0.2) is 12.3 Å². The lowest BCUT2D eigenvalue weighted by Crippen LogP contribution is -1.99. The van der Waals surface area contributed by atoms with Gasteiger partial charge in [0.05, 0.1) is 19.4 Å². The van der Waals surface area contributed by atoms with Gasteiger partial charge >= 0.3 is 0 Å². The van der Waals surface area contributed by atoms with Crippen molar-refractivity contribution in [1.29, 1.82) is 0 Å². The van der Waals surface area contributed by atoms with Gasteiger partial charge in [0.1, 0.15) is 5.15 Å². The lowest BCUT2D eigenvalue weighted by Gasteiger charge is -2.08. The molecule has 0 atom stereocenters. The molecule has 1 aromatic heterocycles. The lowest BCUT2D eigenvalue weighted by molar-refractivity contribution is 0.281. The fourth-order valence-electron chi connectivity index (χ4n) is 1.01. The molecule has 3 nitrogen and oxygen atoms in total. The molecule has 0 radical (unpaired) electrons. The summed E-state index contributed by atoms with van der Waals surface area (Å²) in [7, 11) is 1.59. The molecular weight excluding hydrogens is 190 g/mol. The van der Waals surface area contributed by atoms with E-state index in [2.05, 4.69) is 4.98 Å². The number of hydrogen-bond donors (Lipinski definition) is 0. The van der Waals surface area contributed by atoms with Gasteiger partial charge in [0.2, 0.25) is 0 Å². The van der Waals surface area contributed by atoms with Crippen LogP contribution in [-0.2, 0) is 0 Å². The minimum absolute atomic E-state index is 0.344. The molecule has 0 saturated heterocycles. The summed E-state index contributed by atoms with van der Waals surface area (Å²) >= 11 is 5.70. The summed E-state index contributed by atoms with van der Waals surface area (Å²) in [5, 5.41) is 0.417. The van der Waals surface area contributed by atoms with E-state index in [1.807, 2.05) is 0 Å². The normalized spacial score (nSPS) is 15.5. The molecule has 1 heterocycles. The monoisotopic (exact) mass is 199 g/mol. The summed E-state index contributed by atoms with van der Waals surface area (Å²) in [6, 6.07) is 1.65. The zero-order valence-electron chi connectivity index (χ0n) is 7.29. The summed E-state index contributed by atoms with van der Waals surface area (Å²) in [5.41, 5.74) is 0. The number of nitrogens with zero attached hydrogens (tertiary/aromatic N) is 1. The van der Waals surface area contributed by atoms with Crippen molar-refractivity contribution in [3.63, 3.8) is 0 Å². The highest BCUT2D eigenvalue weighted by Gasteiger charge is 2.25. The number of ether oxygens (including phenoxy) is 2. The maximum absolute atomic E-state index is 5.70. The van der Waals surface area contributed by atoms with E-state index in [9.17, 15) is 0 Å². The first-order valence-corrected chi connectivity index (χ1v) is 4.53. The summed E-state index contributed by atoms with van der Waals surface area (Å²) in [6.45, 7) is 0. The Labute approximate surface area is 81.6 Å².